The summed E-state index contributed by atoms with van der Waals surface area (Å²) in [5, 5.41) is 6.63. The molecule has 1 aromatic heterocycles. The third-order valence-corrected chi connectivity index (χ3v) is 4.95. The minimum Gasteiger partial charge on any atom is -0.490 e. The van der Waals surface area contributed by atoms with Gasteiger partial charge in [-0.1, -0.05) is 0 Å². The lowest BCUT2D eigenvalue weighted by atomic mass is 10.1. The van der Waals surface area contributed by atoms with Crippen LogP contribution in [0.5, 0.6) is 5.75 Å². The van der Waals surface area contributed by atoms with Crippen molar-refractivity contribution in [1.82, 2.24) is 15.1 Å². The maximum absolute atomic E-state index is 14.7. The molecule has 0 bridgehead atoms. The maximum Gasteiger partial charge on any atom is 0.410 e. The fraction of sp³-hybridized carbons (Fsp3) is 0.524. The molecule has 0 saturated heterocycles. The van der Waals surface area contributed by atoms with E-state index in [2.05, 4.69) is 10.2 Å². The van der Waals surface area contributed by atoms with E-state index in [-0.39, 0.29) is 24.1 Å². The number of rotatable bonds is 4. The summed E-state index contributed by atoms with van der Waals surface area (Å²) in [6, 6.07) is 4.84. The SMILES string of the molecule is Cc1cc(F)c(-c2cc(N)n[nH]2)c(O[C@@H]2CC[C@@H](N(C)C(=O)OC(C)(C)C)C2)c1. The van der Waals surface area contributed by atoms with Gasteiger partial charge in [0.1, 0.15) is 29.1 Å². The van der Waals surface area contributed by atoms with Crippen LogP contribution in [0.25, 0.3) is 11.3 Å². The van der Waals surface area contributed by atoms with Crippen LogP contribution < -0.4 is 10.5 Å². The molecule has 3 rings (SSSR count). The summed E-state index contributed by atoms with van der Waals surface area (Å²) in [7, 11) is 1.74. The predicted octanol–water partition coefficient (Wildman–Crippen LogP) is 4.27. The third kappa shape index (κ3) is 4.99. The molecule has 158 valence electrons. The van der Waals surface area contributed by atoms with Crippen molar-refractivity contribution in [3.8, 4) is 17.0 Å². The number of anilines is 1. The van der Waals surface area contributed by atoms with Crippen LogP contribution in [0.15, 0.2) is 18.2 Å². The van der Waals surface area contributed by atoms with E-state index in [1.165, 1.54) is 6.07 Å². The fourth-order valence-corrected chi connectivity index (χ4v) is 3.57. The lowest BCUT2D eigenvalue weighted by Gasteiger charge is -2.28. The summed E-state index contributed by atoms with van der Waals surface area (Å²) in [6.07, 6.45) is 1.72. The van der Waals surface area contributed by atoms with Crippen LogP contribution in [-0.2, 0) is 4.74 Å². The first kappa shape index (κ1) is 21.0. The van der Waals surface area contributed by atoms with Gasteiger partial charge in [-0.3, -0.25) is 5.10 Å². The second kappa shape index (κ2) is 7.93. The van der Waals surface area contributed by atoms with Gasteiger partial charge in [-0.15, -0.1) is 0 Å². The Morgan fingerprint density at radius 3 is 2.66 bits per heavy atom. The Hall–Kier alpha value is -2.77. The van der Waals surface area contributed by atoms with Gasteiger partial charge in [-0.05, 0) is 58.2 Å². The second-order valence-corrected chi connectivity index (χ2v) is 8.62. The van der Waals surface area contributed by atoms with Crippen LogP contribution in [0.2, 0.25) is 0 Å². The molecule has 1 fully saturated rings. The molecule has 1 aliphatic rings. The summed E-state index contributed by atoms with van der Waals surface area (Å²) in [5.41, 5.74) is 6.67. The Balaban J connectivity index is 1.74. The van der Waals surface area contributed by atoms with Gasteiger partial charge in [0.25, 0.3) is 0 Å². The normalized spacial score (nSPS) is 19.2. The molecular weight excluding hydrogens is 375 g/mol. The first-order chi connectivity index (χ1) is 13.5. The molecule has 3 N–H and O–H groups in total. The summed E-state index contributed by atoms with van der Waals surface area (Å²) in [6.45, 7) is 7.34. The topological polar surface area (TPSA) is 93.5 Å². The number of nitrogens with one attached hydrogen (secondary N) is 1. The lowest BCUT2D eigenvalue weighted by Crippen LogP contribution is -2.40. The number of carbonyl (C=O) groups is 1. The highest BCUT2D eigenvalue weighted by Crippen LogP contribution is 2.36. The number of ether oxygens (including phenoxy) is 2. The zero-order valence-corrected chi connectivity index (χ0v) is 17.6. The molecule has 2 aromatic rings. The molecule has 1 aromatic carbocycles. The number of nitrogen functional groups attached to an aromatic ring is 1. The number of hydrogen-bond acceptors (Lipinski definition) is 5. The first-order valence-corrected chi connectivity index (χ1v) is 9.77. The van der Waals surface area contributed by atoms with E-state index in [4.69, 9.17) is 15.2 Å². The number of H-pyrrole nitrogens is 1. The summed E-state index contributed by atoms with van der Waals surface area (Å²) >= 11 is 0. The smallest absolute Gasteiger partial charge is 0.410 e. The average Bonchev–Trinajstić information content (AvgIpc) is 3.21. The molecule has 1 saturated carbocycles. The zero-order valence-electron chi connectivity index (χ0n) is 17.6. The van der Waals surface area contributed by atoms with Crippen molar-refractivity contribution in [3.05, 3.63) is 29.6 Å². The monoisotopic (exact) mass is 404 g/mol. The summed E-state index contributed by atoms with van der Waals surface area (Å²) in [4.78, 5) is 14.0. The van der Waals surface area contributed by atoms with Crippen LogP contribution in [0.3, 0.4) is 0 Å². The number of aromatic nitrogens is 2. The number of nitrogens with two attached hydrogens (primary N) is 1. The van der Waals surface area contributed by atoms with Gasteiger partial charge in [0, 0.05) is 25.6 Å². The molecule has 0 spiro atoms. The molecule has 7 nitrogen and oxygen atoms in total. The Kier molecular flexibility index (Phi) is 5.73. The fourth-order valence-electron chi connectivity index (χ4n) is 3.57. The van der Waals surface area contributed by atoms with Gasteiger partial charge in [0.2, 0.25) is 0 Å². The lowest BCUT2D eigenvalue weighted by molar-refractivity contribution is 0.0219. The van der Waals surface area contributed by atoms with Crippen LogP contribution >= 0.6 is 0 Å². The second-order valence-electron chi connectivity index (χ2n) is 8.62. The number of aryl methyl sites for hydroxylation is 1. The molecule has 1 heterocycles. The first-order valence-electron chi connectivity index (χ1n) is 9.77. The average molecular weight is 404 g/mol. The van der Waals surface area contributed by atoms with Crippen LogP contribution in [-0.4, -0.2) is 46.0 Å². The minimum absolute atomic E-state index is 0.00996. The number of halogens is 1. The van der Waals surface area contributed by atoms with Crippen molar-refractivity contribution in [1.29, 1.82) is 0 Å². The highest BCUT2D eigenvalue weighted by molar-refractivity contribution is 5.70. The van der Waals surface area contributed by atoms with Crippen LogP contribution in [0, 0.1) is 12.7 Å². The molecular formula is C21H29FN4O3. The van der Waals surface area contributed by atoms with Gasteiger partial charge in [0.05, 0.1) is 11.3 Å². The Bertz CT molecular complexity index is 891. The Morgan fingerprint density at radius 2 is 2.03 bits per heavy atom. The number of benzene rings is 1. The van der Waals surface area contributed by atoms with Crippen molar-refractivity contribution < 1.29 is 18.7 Å². The van der Waals surface area contributed by atoms with E-state index < -0.39 is 11.4 Å². The van der Waals surface area contributed by atoms with Gasteiger partial charge in [-0.25, -0.2) is 9.18 Å². The minimum atomic E-state index is -0.542. The number of carbonyl (C=O) groups excluding carboxylic acids is 1. The van der Waals surface area contributed by atoms with E-state index in [0.29, 0.717) is 23.4 Å². The molecule has 0 unspecified atom stereocenters. The number of aromatic amines is 1. The highest BCUT2D eigenvalue weighted by Gasteiger charge is 2.33. The predicted molar refractivity (Wildman–Crippen MR) is 109 cm³/mol. The van der Waals surface area contributed by atoms with E-state index in [1.54, 1.807) is 24.1 Å². The van der Waals surface area contributed by atoms with Gasteiger partial charge >= 0.3 is 6.09 Å². The molecule has 1 aliphatic carbocycles. The molecule has 8 heteroatoms. The molecule has 29 heavy (non-hydrogen) atoms. The molecule has 1 amide bonds. The van der Waals surface area contributed by atoms with Gasteiger partial charge in [0.15, 0.2) is 0 Å². The standard InChI is InChI=1S/C21H29FN4O3/c1-12-8-15(22)19(16-11-18(23)25-24-16)17(9-12)28-14-7-6-13(10-14)26(5)20(27)29-21(2,3)4/h8-9,11,13-14H,6-7,10H2,1-5H3,(H3,23,24,25)/t13-,14-/m1/s1. The molecule has 2 atom stereocenters. The van der Waals surface area contributed by atoms with E-state index in [0.717, 1.165) is 18.4 Å². The highest BCUT2D eigenvalue weighted by atomic mass is 19.1. The molecule has 0 radical (unpaired) electrons. The zero-order chi connectivity index (χ0) is 21.3. The summed E-state index contributed by atoms with van der Waals surface area (Å²) in [5.74, 6) is 0.326. The third-order valence-electron chi connectivity index (χ3n) is 4.95. The maximum atomic E-state index is 14.7. The van der Waals surface area contributed by atoms with E-state index >= 15 is 0 Å². The largest absolute Gasteiger partial charge is 0.490 e. The van der Waals surface area contributed by atoms with Crippen molar-refractivity contribution in [2.24, 2.45) is 0 Å². The number of nitrogens with zero attached hydrogens (tertiary/aromatic N) is 2. The quantitative estimate of drug-likeness (QED) is 0.794. The molecule has 0 aliphatic heterocycles. The van der Waals surface area contributed by atoms with Crippen molar-refractivity contribution in [3.63, 3.8) is 0 Å². The number of amides is 1. The van der Waals surface area contributed by atoms with Crippen LogP contribution in [0.4, 0.5) is 15.0 Å². The van der Waals surface area contributed by atoms with Crippen molar-refractivity contribution in [2.75, 3.05) is 12.8 Å². The Labute approximate surface area is 170 Å². The summed E-state index contributed by atoms with van der Waals surface area (Å²) < 4.78 is 26.3. The number of hydrogen-bond donors (Lipinski definition) is 2. The van der Waals surface area contributed by atoms with E-state index in [1.807, 2.05) is 27.7 Å². The Morgan fingerprint density at radius 1 is 1.31 bits per heavy atom. The van der Waals surface area contributed by atoms with E-state index in [9.17, 15) is 9.18 Å². The van der Waals surface area contributed by atoms with Gasteiger partial charge in [-0.2, -0.15) is 5.10 Å². The van der Waals surface area contributed by atoms with Gasteiger partial charge < -0.3 is 20.1 Å². The van der Waals surface area contributed by atoms with Crippen molar-refractivity contribution in [2.45, 2.75) is 64.7 Å². The van der Waals surface area contributed by atoms with Crippen molar-refractivity contribution >= 4 is 11.9 Å². The van der Waals surface area contributed by atoms with Crippen LogP contribution in [0.1, 0.15) is 45.6 Å².